The molecule has 1 aromatic rings. The number of nitrogens with zero attached hydrogens (tertiary/aromatic N) is 1. The van der Waals surface area contributed by atoms with Gasteiger partial charge in [-0.3, -0.25) is 0 Å². The first-order chi connectivity index (χ1) is 8.99. The molecule has 0 aliphatic heterocycles. The zero-order valence-electron chi connectivity index (χ0n) is 12.4. The first-order valence-corrected chi connectivity index (χ1v) is 8.03. The summed E-state index contributed by atoms with van der Waals surface area (Å²) in [4.78, 5) is 2.40. The molecule has 0 amide bonds. The van der Waals surface area contributed by atoms with Crippen molar-refractivity contribution in [2.24, 2.45) is 5.92 Å². The lowest BCUT2D eigenvalue weighted by Gasteiger charge is -2.32. The highest BCUT2D eigenvalue weighted by Gasteiger charge is 2.22. The van der Waals surface area contributed by atoms with Crippen molar-refractivity contribution < 1.29 is 0 Å². The summed E-state index contributed by atoms with van der Waals surface area (Å²) in [5, 5.41) is 3.62. The molecule has 1 aliphatic carbocycles. The van der Waals surface area contributed by atoms with Gasteiger partial charge >= 0.3 is 0 Å². The van der Waals surface area contributed by atoms with E-state index in [9.17, 15) is 0 Å². The van der Waals surface area contributed by atoms with Gasteiger partial charge in [0, 0.05) is 35.8 Å². The monoisotopic (exact) mass is 324 g/mol. The summed E-state index contributed by atoms with van der Waals surface area (Å²) < 4.78 is 1.16. The van der Waals surface area contributed by atoms with Crippen molar-refractivity contribution >= 4 is 21.6 Å². The van der Waals surface area contributed by atoms with E-state index < -0.39 is 0 Å². The fourth-order valence-electron chi connectivity index (χ4n) is 2.25. The molecule has 2 rings (SSSR count). The number of hydrogen-bond donors (Lipinski definition) is 1. The Kier molecular flexibility index (Phi) is 4.91. The Labute approximate surface area is 125 Å². The molecule has 0 saturated heterocycles. The van der Waals surface area contributed by atoms with Gasteiger partial charge in [-0.15, -0.1) is 0 Å². The highest BCUT2D eigenvalue weighted by atomic mass is 79.9. The Bertz CT molecular complexity index is 427. The van der Waals surface area contributed by atoms with Crippen molar-refractivity contribution in [1.82, 2.24) is 5.32 Å². The Morgan fingerprint density at radius 1 is 1.32 bits per heavy atom. The highest BCUT2D eigenvalue weighted by molar-refractivity contribution is 9.10. The number of nitrogens with one attached hydrogen (secondary N) is 1. The average molecular weight is 325 g/mol. The van der Waals surface area contributed by atoms with Crippen molar-refractivity contribution in [3.05, 3.63) is 28.2 Å². The van der Waals surface area contributed by atoms with Gasteiger partial charge in [0.1, 0.15) is 0 Å². The van der Waals surface area contributed by atoms with E-state index in [0.29, 0.717) is 12.0 Å². The predicted octanol–water partition coefficient (Wildman–Crippen LogP) is 4.18. The number of benzene rings is 1. The zero-order chi connectivity index (χ0) is 14.0. The molecule has 3 heteroatoms. The summed E-state index contributed by atoms with van der Waals surface area (Å²) in [5.74, 6) is 0.651. The molecule has 1 aliphatic rings. The van der Waals surface area contributed by atoms with Crippen LogP contribution in [0, 0.1) is 5.92 Å². The first kappa shape index (κ1) is 14.9. The van der Waals surface area contributed by atoms with Gasteiger partial charge in [-0.2, -0.15) is 0 Å². The highest BCUT2D eigenvalue weighted by Crippen LogP contribution is 2.28. The van der Waals surface area contributed by atoms with E-state index in [4.69, 9.17) is 0 Å². The molecule has 1 atom stereocenters. The number of halogens is 1. The van der Waals surface area contributed by atoms with Gasteiger partial charge in [-0.1, -0.05) is 29.8 Å². The predicted molar refractivity (Wildman–Crippen MR) is 86.7 cm³/mol. The lowest BCUT2D eigenvalue weighted by molar-refractivity contribution is 0.504. The minimum atomic E-state index is 0.542. The van der Waals surface area contributed by atoms with Crippen LogP contribution in [0.25, 0.3) is 0 Å². The van der Waals surface area contributed by atoms with Crippen LogP contribution in [-0.2, 0) is 6.54 Å². The maximum atomic E-state index is 3.62. The molecule has 1 aromatic carbocycles. The molecule has 0 heterocycles. The van der Waals surface area contributed by atoms with E-state index in [0.717, 1.165) is 17.1 Å². The molecular weight excluding hydrogens is 300 g/mol. The Morgan fingerprint density at radius 3 is 2.58 bits per heavy atom. The minimum Gasteiger partial charge on any atom is -0.371 e. The van der Waals surface area contributed by atoms with E-state index in [1.807, 2.05) is 0 Å². The first-order valence-electron chi connectivity index (χ1n) is 7.23. The normalized spacial score (nSPS) is 16.7. The third-order valence-electron chi connectivity index (χ3n) is 4.16. The lowest BCUT2D eigenvalue weighted by atomic mass is 10.0. The number of anilines is 1. The topological polar surface area (TPSA) is 15.3 Å². The fourth-order valence-corrected chi connectivity index (χ4v) is 2.66. The van der Waals surface area contributed by atoms with Gasteiger partial charge < -0.3 is 10.2 Å². The summed E-state index contributed by atoms with van der Waals surface area (Å²) in [6.45, 7) is 7.82. The third kappa shape index (κ3) is 3.96. The molecule has 0 bridgehead atoms. The lowest BCUT2D eigenvalue weighted by Crippen LogP contribution is -2.34. The van der Waals surface area contributed by atoms with Gasteiger partial charge in [-0.25, -0.2) is 0 Å². The molecular formula is C16H25BrN2. The van der Waals surface area contributed by atoms with Crippen LogP contribution in [0.5, 0.6) is 0 Å². The van der Waals surface area contributed by atoms with E-state index in [1.165, 1.54) is 24.1 Å². The second-order valence-corrected chi connectivity index (χ2v) is 6.94. The summed E-state index contributed by atoms with van der Waals surface area (Å²) in [6, 6.07) is 7.90. The standard InChI is InChI=1S/C16H25BrN2/c1-11(2)12(3)19(4)16-8-5-14(17)9-13(16)10-18-15-6-7-15/h5,8-9,11-12,15,18H,6-7,10H2,1-4H3. The van der Waals surface area contributed by atoms with E-state index in [-0.39, 0.29) is 0 Å². The Hall–Kier alpha value is -0.540. The smallest absolute Gasteiger partial charge is 0.0412 e. The average Bonchev–Trinajstić information content (AvgIpc) is 3.18. The molecule has 106 valence electrons. The fraction of sp³-hybridized carbons (Fsp3) is 0.625. The second kappa shape index (κ2) is 6.27. The molecule has 0 aromatic heterocycles. The van der Waals surface area contributed by atoms with Crippen molar-refractivity contribution in [2.45, 2.75) is 52.2 Å². The van der Waals surface area contributed by atoms with Gasteiger partial charge in [0.15, 0.2) is 0 Å². The summed E-state index contributed by atoms with van der Waals surface area (Å²) in [6.07, 6.45) is 2.67. The largest absolute Gasteiger partial charge is 0.371 e. The maximum absolute atomic E-state index is 3.62. The van der Waals surface area contributed by atoms with Crippen LogP contribution in [0.15, 0.2) is 22.7 Å². The van der Waals surface area contributed by atoms with Gasteiger partial charge in [0.2, 0.25) is 0 Å². The van der Waals surface area contributed by atoms with Gasteiger partial charge in [0.25, 0.3) is 0 Å². The molecule has 2 nitrogen and oxygen atoms in total. The maximum Gasteiger partial charge on any atom is 0.0412 e. The van der Waals surface area contributed by atoms with Crippen molar-refractivity contribution in [2.75, 3.05) is 11.9 Å². The summed E-state index contributed by atoms with van der Waals surface area (Å²) in [7, 11) is 2.20. The zero-order valence-corrected chi connectivity index (χ0v) is 14.0. The quantitative estimate of drug-likeness (QED) is 0.844. The molecule has 1 fully saturated rings. The van der Waals surface area contributed by atoms with Crippen LogP contribution < -0.4 is 10.2 Å². The third-order valence-corrected chi connectivity index (χ3v) is 4.65. The van der Waals surface area contributed by atoms with Crippen LogP contribution in [0.4, 0.5) is 5.69 Å². The van der Waals surface area contributed by atoms with Crippen LogP contribution in [-0.4, -0.2) is 19.1 Å². The molecule has 1 unspecified atom stereocenters. The molecule has 0 radical (unpaired) electrons. The minimum absolute atomic E-state index is 0.542. The van der Waals surface area contributed by atoms with Crippen LogP contribution in [0.1, 0.15) is 39.2 Å². The van der Waals surface area contributed by atoms with Crippen molar-refractivity contribution in [1.29, 1.82) is 0 Å². The molecule has 1 saturated carbocycles. The van der Waals surface area contributed by atoms with Crippen LogP contribution in [0.3, 0.4) is 0 Å². The Morgan fingerprint density at radius 2 is 2.00 bits per heavy atom. The molecule has 19 heavy (non-hydrogen) atoms. The number of rotatable bonds is 6. The second-order valence-electron chi connectivity index (χ2n) is 6.02. The summed E-state index contributed by atoms with van der Waals surface area (Å²) >= 11 is 3.59. The summed E-state index contributed by atoms with van der Waals surface area (Å²) in [5.41, 5.74) is 2.73. The van der Waals surface area contributed by atoms with Crippen LogP contribution in [0.2, 0.25) is 0 Å². The van der Waals surface area contributed by atoms with E-state index in [2.05, 4.69) is 72.2 Å². The van der Waals surface area contributed by atoms with Crippen molar-refractivity contribution in [3.63, 3.8) is 0 Å². The Balaban J connectivity index is 2.16. The SMILES string of the molecule is CC(C)C(C)N(C)c1ccc(Br)cc1CNC1CC1. The number of hydrogen-bond acceptors (Lipinski definition) is 2. The van der Waals surface area contributed by atoms with E-state index >= 15 is 0 Å². The van der Waals surface area contributed by atoms with E-state index in [1.54, 1.807) is 0 Å². The molecule has 1 N–H and O–H groups in total. The van der Waals surface area contributed by atoms with Gasteiger partial charge in [-0.05, 0) is 49.4 Å². The van der Waals surface area contributed by atoms with Gasteiger partial charge in [0.05, 0.1) is 0 Å². The molecule has 0 spiro atoms. The van der Waals surface area contributed by atoms with Crippen LogP contribution >= 0.6 is 15.9 Å². The van der Waals surface area contributed by atoms with Crippen molar-refractivity contribution in [3.8, 4) is 0 Å².